The van der Waals surface area contributed by atoms with Gasteiger partial charge >= 0.3 is 0 Å². The van der Waals surface area contributed by atoms with E-state index in [0.717, 1.165) is 37.3 Å². The summed E-state index contributed by atoms with van der Waals surface area (Å²) in [5.41, 5.74) is 8.40. The van der Waals surface area contributed by atoms with Crippen LogP contribution in [0.25, 0.3) is 5.65 Å². The normalized spacial score (nSPS) is 16.3. The van der Waals surface area contributed by atoms with Crippen molar-refractivity contribution in [2.75, 3.05) is 13.1 Å². The number of carbonyl (C=O) groups is 1. The Kier molecular flexibility index (Phi) is 5.30. The molecule has 3 aromatic rings. The summed E-state index contributed by atoms with van der Waals surface area (Å²) in [4.78, 5) is 19.3. The molecule has 1 aromatic carbocycles. The Morgan fingerprint density at radius 2 is 2.07 bits per heavy atom. The zero-order chi connectivity index (χ0) is 19.5. The number of piperidine rings is 1. The monoisotopic (exact) mass is 378 g/mol. The number of carbonyl (C=O) groups excluding carboxylic acids is 1. The summed E-state index contributed by atoms with van der Waals surface area (Å²) in [6.45, 7) is 3.93. The Balaban J connectivity index is 1.39. The molecule has 6 nitrogen and oxygen atoms in total. The van der Waals surface area contributed by atoms with Gasteiger partial charge in [-0.25, -0.2) is 4.98 Å². The minimum Gasteiger partial charge on any atom is -0.487 e. The maximum absolute atomic E-state index is 12.8. The van der Waals surface area contributed by atoms with Crippen LogP contribution in [0, 0.1) is 5.92 Å². The van der Waals surface area contributed by atoms with Gasteiger partial charge in [-0.15, -0.1) is 0 Å². The molecule has 2 aromatic heterocycles. The number of ether oxygens (including phenoxy) is 1. The highest BCUT2D eigenvalue weighted by atomic mass is 16.5. The predicted molar refractivity (Wildman–Crippen MR) is 108 cm³/mol. The molecule has 4 rings (SSSR count). The summed E-state index contributed by atoms with van der Waals surface area (Å²) < 4.78 is 7.85. The second kappa shape index (κ2) is 8.02. The molecule has 1 fully saturated rings. The molecule has 2 N–H and O–H groups in total. The maximum atomic E-state index is 12.8. The summed E-state index contributed by atoms with van der Waals surface area (Å²) in [5, 5.41) is 0. The topological polar surface area (TPSA) is 72.9 Å². The molecule has 1 amide bonds. The molecule has 0 saturated carbocycles. The highest BCUT2D eigenvalue weighted by Crippen LogP contribution is 2.22. The average molecular weight is 378 g/mol. The zero-order valence-corrected chi connectivity index (χ0v) is 16.1. The second-order valence-corrected chi connectivity index (χ2v) is 7.50. The van der Waals surface area contributed by atoms with Crippen LogP contribution >= 0.6 is 0 Å². The lowest BCUT2D eigenvalue weighted by Crippen LogP contribution is -2.42. The zero-order valence-electron chi connectivity index (χ0n) is 16.1. The van der Waals surface area contributed by atoms with Crippen molar-refractivity contribution >= 4 is 11.6 Å². The van der Waals surface area contributed by atoms with Crippen molar-refractivity contribution in [3.8, 4) is 5.75 Å². The molecule has 0 radical (unpaired) electrons. The molecule has 0 aliphatic carbocycles. The van der Waals surface area contributed by atoms with Crippen LogP contribution in [0.4, 0.5) is 0 Å². The van der Waals surface area contributed by atoms with E-state index in [2.05, 4.69) is 4.98 Å². The van der Waals surface area contributed by atoms with Gasteiger partial charge < -0.3 is 19.8 Å². The molecule has 1 atom stereocenters. The molecule has 1 saturated heterocycles. The number of nitrogens with zero attached hydrogens (tertiary/aromatic N) is 3. The van der Waals surface area contributed by atoms with Gasteiger partial charge in [0.25, 0.3) is 5.91 Å². The predicted octanol–water partition coefficient (Wildman–Crippen LogP) is 3.11. The van der Waals surface area contributed by atoms with E-state index < -0.39 is 0 Å². The van der Waals surface area contributed by atoms with Gasteiger partial charge in [-0.05, 0) is 56.0 Å². The molecule has 146 valence electrons. The van der Waals surface area contributed by atoms with Crippen molar-refractivity contribution in [3.05, 3.63) is 66.1 Å². The highest BCUT2D eigenvalue weighted by Gasteiger charge is 2.25. The Morgan fingerprint density at radius 1 is 1.25 bits per heavy atom. The summed E-state index contributed by atoms with van der Waals surface area (Å²) >= 11 is 0. The van der Waals surface area contributed by atoms with Gasteiger partial charge in [0, 0.05) is 37.1 Å². The van der Waals surface area contributed by atoms with E-state index in [1.165, 1.54) is 0 Å². The first kappa shape index (κ1) is 18.5. The quantitative estimate of drug-likeness (QED) is 0.740. The van der Waals surface area contributed by atoms with Crippen LogP contribution in [0.5, 0.6) is 5.75 Å². The van der Waals surface area contributed by atoms with Gasteiger partial charge in [0.05, 0.1) is 5.69 Å². The van der Waals surface area contributed by atoms with Crippen molar-refractivity contribution in [1.82, 2.24) is 14.3 Å². The lowest BCUT2D eigenvalue weighted by molar-refractivity contribution is 0.0680. The third-order valence-corrected chi connectivity index (χ3v) is 5.45. The Hall–Kier alpha value is -2.86. The lowest BCUT2D eigenvalue weighted by atomic mass is 9.90. The fourth-order valence-electron chi connectivity index (χ4n) is 3.74. The minimum atomic E-state index is 0.0568. The summed E-state index contributed by atoms with van der Waals surface area (Å²) in [7, 11) is 0. The van der Waals surface area contributed by atoms with Gasteiger partial charge in [-0.3, -0.25) is 4.79 Å². The van der Waals surface area contributed by atoms with E-state index in [9.17, 15) is 4.79 Å². The molecule has 1 aliphatic rings. The van der Waals surface area contributed by atoms with Crippen LogP contribution in [-0.4, -0.2) is 39.3 Å². The molecule has 1 aliphatic heterocycles. The third-order valence-electron chi connectivity index (χ3n) is 5.45. The highest BCUT2D eigenvalue weighted by molar-refractivity contribution is 5.94. The number of hydrogen-bond acceptors (Lipinski definition) is 4. The Bertz CT molecular complexity index is 925. The van der Waals surface area contributed by atoms with E-state index >= 15 is 0 Å². The number of amides is 1. The molecule has 6 heteroatoms. The summed E-state index contributed by atoms with van der Waals surface area (Å²) in [6, 6.07) is 13.5. The molecule has 3 heterocycles. The third kappa shape index (κ3) is 4.02. The average Bonchev–Trinajstić information content (AvgIpc) is 3.15. The number of aromatic nitrogens is 2. The Morgan fingerprint density at radius 3 is 2.82 bits per heavy atom. The van der Waals surface area contributed by atoms with Crippen LogP contribution in [-0.2, 0) is 6.61 Å². The number of fused-ring (bicyclic) bond motifs is 1. The van der Waals surface area contributed by atoms with E-state index in [1.807, 2.05) is 71.1 Å². The number of rotatable bonds is 5. The van der Waals surface area contributed by atoms with Crippen LogP contribution in [0.15, 0.2) is 54.9 Å². The van der Waals surface area contributed by atoms with Crippen molar-refractivity contribution in [3.63, 3.8) is 0 Å². The second-order valence-electron chi connectivity index (χ2n) is 7.50. The van der Waals surface area contributed by atoms with E-state index in [4.69, 9.17) is 10.5 Å². The van der Waals surface area contributed by atoms with Crippen LogP contribution in [0.1, 0.15) is 35.8 Å². The van der Waals surface area contributed by atoms with Crippen LogP contribution < -0.4 is 10.5 Å². The molecule has 0 bridgehead atoms. The number of benzene rings is 1. The molecule has 1 unspecified atom stereocenters. The van der Waals surface area contributed by atoms with Gasteiger partial charge in [-0.2, -0.15) is 0 Å². The molecular formula is C22H26N4O2. The van der Waals surface area contributed by atoms with E-state index in [0.29, 0.717) is 23.8 Å². The standard InChI is InChI=1S/C22H26N4O2/c1-16(23)17-8-11-25(12-9-17)22(27)18-5-4-6-20(13-18)28-15-19-14-26-10-3-2-7-21(26)24-19/h2-7,10,13-14,16-17H,8-9,11-12,15,23H2,1H3. The first-order valence-corrected chi connectivity index (χ1v) is 9.80. The largest absolute Gasteiger partial charge is 0.487 e. The van der Waals surface area contributed by atoms with Crippen molar-refractivity contribution in [2.24, 2.45) is 11.7 Å². The van der Waals surface area contributed by atoms with Crippen molar-refractivity contribution in [1.29, 1.82) is 0 Å². The number of hydrogen-bond donors (Lipinski definition) is 1. The fraction of sp³-hybridized carbons (Fsp3) is 0.364. The smallest absolute Gasteiger partial charge is 0.253 e. The SMILES string of the molecule is CC(N)C1CCN(C(=O)c2cccc(OCc3cn4ccccc4n3)c2)CC1. The first-order chi connectivity index (χ1) is 13.6. The Labute approximate surface area is 164 Å². The fourth-order valence-corrected chi connectivity index (χ4v) is 3.74. The van der Waals surface area contributed by atoms with Gasteiger partial charge in [0.2, 0.25) is 0 Å². The lowest BCUT2D eigenvalue weighted by Gasteiger charge is -2.33. The molecule has 28 heavy (non-hydrogen) atoms. The van der Waals surface area contributed by atoms with Crippen molar-refractivity contribution < 1.29 is 9.53 Å². The molecule has 0 spiro atoms. The summed E-state index contributed by atoms with van der Waals surface area (Å²) in [6.07, 6.45) is 5.84. The number of likely N-dealkylation sites (tertiary alicyclic amines) is 1. The van der Waals surface area contributed by atoms with E-state index in [-0.39, 0.29) is 11.9 Å². The number of nitrogens with two attached hydrogens (primary N) is 1. The van der Waals surface area contributed by atoms with Gasteiger partial charge in [0.15, 0.2) is 0 Å². The number of imidazole rings is 1. The van der Waals surface area contributed by atoms with Gasteiger partial charge in [0.1, 0.15) is 18.0 Å². The van der Waals surface area contributed by atoms with Crippen molar-refractivity contribution in [2.45, 2.75) is 32.4 Å². The number of pyridine rings is 1. The van der Waals surface area contributed by atoms with Crippen LogP contribution in [0.3, 0.4) is 0 Å². The first-order valence-electron chi connectivity index (χ1n) is 9.80. The van der Waals surface area contributed by atoms with Crippen LogP contribution in [0.2, 0.25) is 0 Å². The maximum Gasteiger partial charge on any atom is 0.253 e. The van der Waals surface area contributed by atoms with E-state index in [1.54, 1.807) is 0 Å². The van der Waals surface area contributed by atoms with Gasteiger partial charge in [-0.1, -0.05) is 12.1 Å². The summed E-state index contributed by atoms with van der Waals surface area (Å²) in [5.74, 6) is 1.24. The molecular weight excluding hydrogens is 352 g/mol. The minimum absolute atomic E-state index is 0.0568.